The molecule has 0 atom stereocenters. The third-order valence-electron chi connectivity index (χ3n) is 2.57. The molecule has 21 heavy (non-hydrogen) atoms. The fourth-order valence-electron chi connectivity index (χ4n) is 1.55. The highest BCUT2D eigenvalue weighted by atomic mass is 32.2. The third kappa shape index (κ3) is 5.38. The summed E-state index contributed by atoms with van der Waals surface area (Å²) >= 11 is 0. The summed E-state index contributed by atoms with van der Waals surface area (Å²) in [5.74, 6) is -0.358. The smallest absolute Gasteiger partial charge is 0.258 e. The summed E-state index contributed by atoms with van der Waals surface area (Å²) in [5, 5.41) is 15.5. The van der Waals surface area contributed by atoms with E-state index in [4.69, 9.17) is 5.14 Å². The maximum Gasteiger partial charge on any atom is 0.270 e. The molecule has 0 saturated carbocycles. The number of nitro benzene ring substituents is 1. The molecule has 0 bridgehead atoms. The first-order chi connectivity index (χ1) is 9.53. The average Bonchev–Trinajstić information content (AvgIpc) is 2.33. The van der Waals surface area contributed by atoms with Gasteiger partial charge in [-0.15, -0.1) is 0 Å². The lowest BCUT2D eigenvalue weighted by Gasteiger charge is -2.08. The Morgan fingerprint density at radius 1 is 1.29 bits per heavy atom. The standard InChI is InChI=1S/C10H15N3O6S2/c1-8-3-4-9(13(14)15)7-10(8)21(18,19)12-5-2-6-20(11,16)17/h3-4,7,12H,2,5-6H2,1H3,(H2,11,16,17). The van der Waals surface area contributed by atoms with E-state index in [-0.39, 0.29) is 29.3 Å². The van der Waals surface area contributed by atoms with Gasteiger partial charge in [0.25, 0.3) is 5.69 Å². The van der Waals surface area contributed by atoms with E-state index in [0.717, 1.165) is 6.07 Å². The van der Waals surface area contributed by atoms with Gasteiger partial charge in [-0.3, -0.25) is 10.1 Å². The fraction of sp³-hybridized carbons (Fsp3) is 0.400. The maximum atomic E-state index is 12.0. The number of hydrogen-bond donors (Lipinski definition) is 2. The van der Waals surface area contributed by atoms with Crippen LogP contribution >= 0.6 is 0 Å². The van der Waals surface area contributed by atoms with Gasteiger partial charge in [-0.1, -0.05) is 6.07 Å². The molecular formula is C10H15N3O6S2. The Balaban J connectivity index is 2.88. The Morgan fingerprint density at radius 3 is 2.43 bits per heavy atom. The van der Waals surface area contributed by atoms with E-state index in [9.17, 15) is 26.9 Å². The minimum atomic E-state index is -3.95. The van der Waals surface area contributed by atoms with E-state index in [0.29, 0.717) is 5.56 Å². The lowest BCUT2D eigenvalue weighted by Crippen LogP contribution is -2.28. The molecule has 0 aliphatic heterocycles. The Kier molecular flexibility index (Phi) is 5.39. The zero-order valence-corrected chi connectivity index (χ0v) is 12.8. The van der Waals surface area contributed by atoms with Crippen LogP contribution in [0.25, 0.3) is 0 Å². The van der Waals surface area contributed by atoms with Gasteiger partial charge in [0.1, 0.15) is 0 Å². The van der Waals surface area contributed by atoms with Crippen LogP contribution in [0.3, 0.4) is 0 Å². The van der Waals surface area contributed by atoms with Crippen molar-refractivity contribution in [2.45, 2.75) is 18.2 Å². The number of primary sulfonamides is 1. The molecule has 9 nitrogen and oxygen atoms in total. The minimum absolute atomic E-state index is 0.00599. The molecule has 0 aliphatic carbocycles. The number of aryl methyl sites for hydroxylation is 1. The van der Waals surface area contributed by atoms with Gasteiger partial charge >= 0.3 is 0 Å². The van der Waals surface area contributed by atoms with E-state index in [2.05, 4.69) is 4.72 Å². The van der Waals surface area contributed by atoms with Gasteiger partial charge < -0.3 is 0 Å². The summed E-state index contributed by atoms with van der Waals surface area (Å²) in [4.78, 5) is 9.76. The Morgan fingerprint density at radius 2 is 1.90 bits per heavy atom. The lowest BCUT2D eigenvalue weighted by atomic mass is 10.2. The molecule has 1 aromatic carbocycles. The fourth-order valence-corrected chi connectivity index (χ4v) is 3.43. The number of nitrogens with one attached hydrogen (secondary N) is 1. The molecule has 11 heteroatoms. The van der Waals surface area contributed by atoms with Crippen molar-refractivity contribution in [3.63, 3.8) is 0 Å². The predicted octanol–water partition coefficient (Wildman–Crippen LogP) is -0.140. The van der Waals surface area contributed by atoms with Crippen LogP contribution in [0.1, 0.15) is 12.0 Å². The van der Waals surface area contributed by atoms with Crippen molar-refractivity contribution >= 4 is 25.7 Å². The summed E-state index contributed by atoms with van der Waals surface area (Å²) in [6, 6.07) is 3.49. The molecule has 3 N–H and O–H groups in total. The number of nitrogens with two attached hydrogens (primary N) is 1. The van der Waals surface area contributed by atoms with E-state index in [1.54, 1.807) is 0 Å². The highest BCUT2D eigenvalue weighted by Crippen LogP contribution is 2.21. The van der Waals surface area contributed by atoms with E-state index in [1.165, 1.54) is 19.1 Å². The number of rotatable bonds is 7. The van der Waals surface area contributed by atoms with Crippen LogP contribution in [-0.4, -0.2) is 34.1 Å². The van der Waals surface area contributed by atoms with Gasteiger partial charge in [0.15, 0.2) is 0 Å². The first-order valence-electron chi connectivity index (χ1n) is 5.78. The van der Waals surface area contributed by atoms with Crippen molar-refractivity contribution < 1.29 is 21.8 Å². The maximum absolute atomic E-state index is 12.0. The van der Waals surface area contributed by atoms with E-state index >= 15 is 0 Å². The van der Waals surface area contributed by atoms with Gasteiger partial charge in [0, 0.05) is 18.7 Å². The topological polar surface area (TPSA) is 149 Å². The van der Waals surface area contributed by atoms with Crippen LogP contribution in [-0.2, 0) is 20.0 Å². The SMILES string of the molecule is Cc1ccc([N+](=O)[O-])cc1S(=O)(=O)NCCCS(N)(=O)=O. The van der Waals surface area contributed by atoms with Crippen molar-refractivity contribution in [1.82, 2.24) is 4.72 Å². The summed E-state index contributed by atoms with van der Waals surface area (Å²) in [6.45, 7) is 1.36. The van der Waals surface area contributed by atoms with E-state index < -0.39 is 25.0 Å². The molecule has 1 rings (SSSR count). The number of benzene rings is 1. The summed E-state index contributed by atoms with van der Waals surface area (Å²) < 4.78 is 47.7. The largest absolute Gasteiger partial charge is 0.270 e. The van der Waals surface area contributed by atoms with Crippen molar-refractivity contribution in [3.8, 4) is 0 Å². The molecule has 0 radical (unpaired) electrons. The lowest BCUT2D eigenvalue weighted by molar-refractivity contribution is -0.385. The second-order valence-corrected chi connectivity index (χ2v) is 7.79. The van der Waals surface area contributed by atoms with Crippen LogP contribution in [0.2, 0.25) is 0 Å². The Labute approximate surface area is 122 Å². The van der Waals surface area contributed by atoms with Gasteiger partial charge in [-0.25, -0.2) is 26.7 Å². The normalized spacial score (nSPS) is 12.3. The van der Waals surface area contributed by atoms with E-state index in [1.807, 2.05) is 0 Å². The average molecular weight is 337 g/mol. The van der Waals surface area contributed by atoms with Gasteiger partial charge in [0.05, 0.1) is 15.6 Å². The molecule has 118 valence electrons. The number of nitrogens with zero attached hydrogens (tertiary/aromatic N) is 1. The first kappa shape index (κ1) is 17.5. The molecule has 1 aromatic rings. The number of sulfonamides is 2. The summed E-state index contributed by atoms with van der Waals surface area (Å²) in [5.41, 5.74) is 0.00468. The highest BCUT2D eigenvalue weighted by Gasteiger charge is 2.20. The minimum Gasteiger partial charge on any atom is -0.258 e. The quantitative estimate of drug-likeness (QED) is 0.401. The molecule has 0 saturated heterocycles. The van der Waals surface area contributed by atoms with Crippen LogP contribution < -0.4 is 9.86 Å². The second kappa shape index (κ2) is 6.47. The number of nitro groups is 1. The molecule has 0 amide bonds. The third-order valence-corrected chi connectivity index (χ3v) is 5.03. The second-order valence-electron chi connectivity index (χ2n) is 4.33. The molecule has 0 aromatic heterocycles. The van der Waals surface area contributed by atoms with Crippen molar-refractivity contribution in [2.75, 3.05) is 12.3 Å². The van der Waals surface area contributed by atoms with Crippen LogP contribution in [0.4, 0.5) is 5.69 Å². The molecule has 0 spiro atoms. The number of hydrogen-bond acceptors (Lipinski definition) is 6. The molecule has 0 heterocycles. The predicted molar refractivity (Wildman–Crippen MR) is 75.6 cm³/mol. The van der Waals surface area contributed by atoms with Crippen LogP contribution in [0, 0.1) is 17.0 Å². The Bertz CT molecular complexity index is 742. The summed E-state index contributed by atoms with van der Waals surface area (Å²) in [6.07, 6.45) is 0.00599. The first-order valence-corrected chi connectivity index (χ1v) is 8.98. The molecule has 0 fully saturated rings. The zero-order valence-electron chi connectivity index (χ0n) is 11.1. The van der Waals surface area contributed by atoms with Crippen LogP contribution in [0.15, 0.2) is 23.1 Å². The zero-order chi connectivity index (χ0) is 16.3. The van der Waals surface area contributed by atoms with Gasteiger partial charge in [-0.05, 0) is 18.9 Å². The molecular weight excluding hydrogens is 322 g/mol. The van der Waals surface area contributed by atoms with Crippen LogP contribution in [0.5, 0.6) is 0 Å². The monoisotopic (exact) mass is 337 g/mol. The highest BCUT2D eigenvalue weighted by molar-refractivity contribution is 7.89. The number of non-ortho nitro benzene ring substituents is 1. The summed E-state index contributed by atoms with van der Waals surface area (Å²) in [7, 11) is -7.61. The molecule has 0 unspecified atom stereocenters. The van der Waals surface area contributed by atoms with Gasteiger partial charge in [0.2, 0.25) is 20.0 Å². The van der Waals surface area contributed by atoms with Crippen molar-refractivity contribution in [3.05, 3.63) is 33.9 Å². The molecule has 0 aliphatic rings. The van der Waals surface area contributed by atoms with Crippen molar-refractivity contribution in [1.29, 1.82) is 0 Å². The van der Waals surface area contributed by atoms with Gasteiger partial charge in [-0.2, -0.15) is 0 Å². The Hall–Kier alpha value is -1.56. The van der Waals surface area contributed by atoms with Crippen molar-refractivity contribution in [2.24, 2.45) is 5.14 Å².